The van der Waals surface area contributed by atoms with Crippen LogP contribution in [0.1, 0.15) is 31.2 Å². The number of halogens is 1. The van der Waals surface area contributed by atoms with Crippen LogP contribution >= 0.6 is 22.6 Å². The van der Waals surface area contributed by atoms with Crippen molar-refractivity contribution in [2.75, 3.05) is 30.4 Å². The fourth-order valence-electron chi connectivity index (χ4n) is 2.29. The summed E-state index contributed by atoms with van der Waals surface area (Å²) in [5.74, 6) is 1.83. The predicted octanol–water partition coefficient (Wildman–Crippen LogP) is 3.26. The molecule has 1 aliphatic heterocycles. The molecule has 2 heterocycles. The third-order valence-electron chi connectivity index (χ3n) is 3.28. The quantitative estimate of drug-likeness (QED) is 0.644. The normalized spacial score (nSPS) is 16.2. The number of anilines is 2. The van der Waals surface area contributed by atoms with E-state index in [-0.39, 0.29) is 0 Å². The molecule has 2 rings (SSSR count). The fourth-order valence-corrected chi connectivity index (χ4v) is 2.73. The third-order valence-corrected chi connectivity index (χ3v) is 3.86. The molecule has 2 N–H and O–H groups in total. The Kier molecular flexibility index (Phi) is 4.79. The maximum absolute atomic E-state index is 7.72. The number of pyridine rings is 1. The molecule has 1 aliphatic rings. The zero-order valence-electron chi connectivity index (χ0n) is 10.7. The van der Waals surface area contributed by atoms with Crippen molar-refractivity contribution in [1.29, 1.82) is 5.41 Å². The topological polar surface area (TPSA) is 52.0 Å². The van der Waals surface area contributed by atoms with Gasteiger partial charge in [-0.2, -0.15) is 0 Å². The number of hydrogen-bond donors (Lipinski definition) is 2. The Morgan fingerprint density at radius 1 is 1.28 bits per heavy atom. The van der Waals surface area contributed by atoms with Gasteiger partial charge >= 0.3 is 0 Å². The number of hydrogen-bond acceptors (Lipinski definition) is 4. The van der Waals surface area contributed by atoms with E-state index in [2.05, 4.69) is 15.2 Å². The smallest absolute Gasteiger partial charge is 0.138 e. The highest BCUT2D eigenvalue weighted by Crippen LogP contribution is 2.23. The van der Waals surface area contributed by atoms with Gasteiger partial charge in [0.15, 0.2) is 0 Å². The minimum Gasteiger partial charge on any atom is -0.372 e. The summed E-state index contributed by atoms with van der Waals surface area (Å²) in [6.07, 6.45) is 5.15. The van der Waals surface area contributed by atoms with E-state index in [0.717, 1.165) is 30.3 Å². The van der Waals surface area contributed by atoms with Crippen LogP contribution in [0.5, 0.6) is 0 Å². The van der Waals surface area contributed by atoms with Crippen LogP contribution in [0, 0.1) is 5.41 Å². The van der Waals surface area contributed by atoms with E-state index in [1.807, 2.05) is 41.8 Å². The summed E-state index contributed by atoms with van der Waals surface area (Å²) in [6, 6.07) is 4.03. The van der Waals surface area contributed by atoms with Gasteiger partial charge in [-0.05, 0) is 47.6 Å². The van der Waals surface area contributed by atoms with Crippen LogP contribution in [-0.4, -0.2) is 28.8 Å². The van der Waals surface area contributed by atoms with Gasteiger partial charge < -0.3 is 10.2 Å². The Hall–Kier alpha value is -0.850. The minimum atomic E-state index is 0.520. The third kappa shape index (κ3) is 3.13. The molecular weight excluding hydrogens is 339 g/mol. The lowest BCUT2D eigenvalue weighted by Crippen LogP contribution is -2.25. The SMILES string of the molecule is CNc1nc(N2CCCCCC2)ccc1C(=N)I. The molecule has 1 saturated heterocycles. The second-order valence-electron chi connectivity index (χ2n) is 4.53. The lowest BCUT2D eigenvalue weighted by atomic mass is 10.2. The van der Waals surface area contributed by atoms with Crippen molar-refractivity contribution in [2.45, 2.75) is 25.7 Å². The van der Waals surface area contributed by atoms with Gasteiger partial charge in [-0.15, -0.1) is 0 Å². The zero-order valence-corrected chi connectivity index (χ0v) is 12.8. The molecule has 0 aliphatic carbocycles. The average Bonchev–Trinajstić information content (AvgIpc) is 2.66. The van der Waals surface area contributed by atoms with Crippen molar-refractivity contribution in [2.24, 2.45) is 0 Å². The van der Waals surface area contributed by atoms with Crippen molar-refractivity contribution in [1.82, 2.24) is 4.98 Å². The number of aromatic nitrogens is 1. The van der Waals surface area contributed by atoms with Crippen molar-refractivity contribution in [3.05, 3.63) is 17.7 Å². The molecule has 0 amide bonds. The molecular formula is C13H19IN4. The van der Waals surface area contributed by atoms with Crippen molar-refractivity contribution < 1.29 is 0 Å². The molecule has 0 saturated carbocycles. The van der Waals surface area contributed by atoms with E-state index in [1.54, 1.807) is 0 Å². The molecule has 0 unspecified atom stereocenters. The van der Waals surface area contributed by atoms with Gasteiger partial charge in [0, 0.05) is 25.7 Å². The maximum atomic E-state index is 7.72. The van der Waals surface area contributed by atoms with E-state index in [0.29, 0.717) is 3.72 Å². The van der Waals surface area contributed by atoms with E-state index < -0.39 is 0 Å². The second-order valence-corrected chi connectivity index (χ2v) is 5.61. The molecule has 4 nitrogen and oxygen atoms in total. The molecule has 1 aromatic heterocycles. The average molecular weight is 358 g/mol. The second kappa shape index (κ2) is 6.36. The zero-order chi connectivity index (χ0) is 13.0. The van der Waals surface area contributed by atoms with Gasteiger partial charge in [-0.25, -0.2) is 4.98 Å². The van der Waals surface area contributed by atoms with E-state index in [9.17, 15) is 0 Å². The summed E-state index contributed by atoms with van der Waals surface area (Å²) in [5.41, 5.74) is 0.872. The Bertz CT molecular complexity index is 425. The fraction of sp³-hybridized carbons (Fsp3) is 0.538. The first-order chi connectivity index (χ1) is 8.72. The lowest BCUT2D eigenvalue weighted by Gasteiger charge is -2.22. The van der Waals surface area contributed by atoms with E-state index in [1.165, 1.54) is 25.7 Å². The Morgan fingerprint density at radius 2 is 1.94 bits per heavy atom. The Morgan fingerprint density at radius 3 is 2.50 bits per heavy atom. The summed E-state index contributed by atoms with van der Waals surface area (Å²) < 4.78 is 0.520. The highest BCUT2D eigenvalue weighted by molar-refractivity contribution is 14.1. The summed E-state index contributed by atoms with van der Waals surface area (Å²) in [5, 5.41) is 10.8. The number of nitrogens with one attached hydrogen (secondary N) is 2. The van der Waals surface area contributed by atoms with Crippen LogP contribution in [0.15, 0.2) is 12.1 Å². The maximum Gasteiger partial charge on any atom is 0.138 e. The highest BCUT2D eigenvalue weighted by atomic mass is 127. The molecule has 1 aromatic rings. The van der Waals surface area contributed by atoms with Crippen LogP contribution in [0.4, 0.5) is 11.6 Å². The molecule has 98 valence electrons. The molecule has 0 radical (unpaired) electrons. The lowest BCUT2D eigenvalue weighted by molar-refractivity contribution is 0.726. The summed E-state index contributed by atoms with van der Waals surface area (Å²) in [7, 11) is 1.86. The van der Waals surface area contributed by atoms with Gasteiger partial charge in [-0.3, -0.25) is 5.41 Å². The molecule has 0 atom stereocenters. The van der Waals surface area contributed by atoms with Crippen LogP contribution in [0.2, 0.25) is 0 Å². The van der Waals surface area contributed by atoms with Gasteiger partial charge in [0.25, 0.3) is 0 Å². The first-order valence-electron chi connectivity index (χ1n) is 6.40. The van der Waals surface area contributed by atoms with Crippen molar-refractivity contribution in [3.8, 4) is 0 Å². The monoisotopic (exact) mass is 358 g/mol. The summed E-state index contributed by atoms with van der Waals surface area (Å²) in [4.78, 5) is 7.00. The van der Waals surface area contributed by atoms with Crippen LogP contribution < -0.4 is 10.2 Å². The first kappa shape index (κ1) is 13.6. The van der Waals surface area contributed by atoms with E-state index >= 15 is 0 Å². The largest absolute Gasteiger partial charge is 0.372 e. The minimum absolute atomic E-state index is 0.520. The Labute approximate surface area is 122 Å². The van der Waals surface area contributed by atoms with Crippen molar-refractivity contribution in [3.63, 3.8) is 0 Å². The van der Waals surface area contributed by atoms with Gasteiger partial charge in [0.2, 0.25) is 0 Å². The van der Waals surface area contributed by atoms with E-state index in [4.69, 9.17) is 5.41 Å². The highest BCUT2D eigenvalue weighted by Gasteiger charge is 2.13. The van der Waals surface area contributed by atoms with Crippen LogP contribution in [-0.2, 0) is 0 Å². The van der Waals surface area contributed by atoms with Crippen LogP contribution in [0.25, 0.3) is 0 Å². The Balaban J connectivity index is 2.25. The van der Waals surface area contributed by atoms with Gasteiger partial charge in [0.05, 0.1) is 0 Å². The molecule has 18 heavy (non-hydrogen) atoms. The molecule has 0 aromatic carbocycles. The summed E-state index contributed by atoms with van der Waals surface area (Å²) >= 11 is 2.02. The molecule has 0 bridgehead atoms. The standard InChI is InChI=1S/C13H19IN4/c1-16-13-10(12(14)15)6-7-11(17-13)18-8-4-2-3-5-9-18/h6-7,15H,2-5,8-9H2,1H3,(H,16,17). The van der Waals surface area contributed by atoms with Gasteiger partial charge in [0.1, 0.15) is 15.4 Å². The molecule has 0 spiro atoms. The predicted molar refractivity (Wildman–Crippen MR) is 85.3 cm³/mol. The van der Waals surface area contributed by atoms with Crippen LogP contribution in [0.3, 0.4) is 0 Å². The molecule has 1 fully saturated rings. The van der Waals surface area contributed by atoms with Crippen molar-refractivity contribution >= 4 is 37.9 Å². The molecule has 5 heteroatoms. The number of nitrogens with zero attached hydrogens (tertiary/aromatic N) is 2. The summed E-state index contributed by atoms with van der Waals surface area (Å²) in [6.45, 7) is 2.19. The number of rotatable bonds is 3. The first-order valence-corrected chi connectivity index (χ1v) is 7.48. The van der Waals surface area contributed by atoms with Gasteiger partial charge in [-0.1, -0.05) is 12.8 Å².